The highest BCUT2D eigenvalue weighted by molar-refractivity contribution is 7.98. The lowest BCUT2D eigenvalue weighted by molar-refractivity contribution is 0.00561. The highest BCUT2D eigenvalue weighted by Crippen LogP contribution is 2.46. The summed E-state index contributed by atoms with van der Waals surface area (Å²) in [4.78, 5) is 25.9. The zero-order chi connectivity index (χ0) is 27.3. The molecule has 0 radical (unpaired) electrons. The van der Waals surface area contributed by atoms with Crippen LogP contribution in [0.4, 0.5) is 10.6 Å². The van der Waals surface area contributed by atoms with E-state index in [4.69, 9.17) is 20.4 Å². The molecule has 8 nitrogen and oxygen atoms in total. The lowest BCUT2D eigenvalue weighted by Gasteiger charge is -2.39. The Balaban J connectivity index is 1.33. The summed E-state index contributed by atoms with van der Waals surface area (Å²) in [6, 6.07) is 14.5. The normalized spacial score (nSPS) is 20.9. The molecule has 1 amide bonds. The number of nitrogens with two attached hydrogens (primary N) is 1. The molecule has 0 aliphatic carbocycles. The van der Waals surface area contributed by atoms with Crippen LogP contribution in [0.2, 0.25) is 0 Å². The number of nitrogen functional groups attached to an aromatic ring is 1. The largest absolute Gasteiger partial charge is 0.444 e. The highest BCUT2D eigenvalue weighted by Gasteiger charge is 2.46. The van der Waals surface area contributed by atoms with E-state index in [1.54, 1.807) is 16.3 Å². The van der Waals surface area contributed by atoms with Gasteiger partial charge in [0, 0.05) is 40.9 Å². The average Bonchev–Trinajstić information content (AvgIpc) is 3.46. The number of ether oxygens (including phenoxy) is 1. The van der Waals surface area contributed by atoms with E-state index in [0.29, 0.717) is 5.82 Å². The topological polar surface area (TPSA) is 98.6 Å². The van der Waals surface area contributed by atoms with E-state index >= 15 is 0 Å². The fourth-order valence-corrected chi connectivity index (χ4v) is 6.77. The molecule has 6 rings (SSSR count). The number of fused-ring (bicyclic) bond motifs is 3. The lowest BCUT2D eigenvalue weighted by atomic mass is 9.88. The summed E-state index contributed by atoms with van der Waals surface area (Å²) < 4.78 is 7.48. The van der Waals surface area contributed by atoms with Crippen LogP contribution >= 0.6 is 11.8 Å². The van der Waals surface area contributed by atoms with Crippen molar-refractivity contribution in [3.8, 4) is 22.4 Å². The molecule has 4 aromatic rings. The van der Waals surface area contributed by atoms with E-state index in [0.717, 1.165) is 64.3 Å². The molecule has 39 heavy (non-hydrogen) atoms. The molecule has 3 aromatic heterocycles. The molecular formula is C30H34N6O2S. The van der Waals surface area contributed by atoms with Gasteiger partial charge in [0.05, 0.1) is 22.5 Å². The third-order valence-corrected chi connectivity index (χ3v) is 8.56. The number of thioether (sulfide) groups is 1. The smallest absolute Gasteiger partial charge is 0.410 e. The summed E-state index contributed by atoms with van der Waals surface area (Å²) in [6.07, 6.45) is 9.20. The summed E-state index contributed by atoms with van der Waals surface area (Å²) in [5, 5.41) is 4.60. The van der Waals surface area contributed by atoms with Crippen LogP contribution in [0, 0.1) is 0 Å². The van der Waals surface area contributed by atoms with E-state index in [1.165, 1.54) is 0 Å². The van der Waals surface area contributed by atoms with E-state index < -0.39 is 5.60 Å². The van der Waals surface area contributed by atoms with Gasteiger partial charge in [0.2, 0.25) is 0 Å². The molecule has 1 aromatic carbocycles. The summed E-state index contributed by atoms with van der Waals surface area (Å²) in [7, 11) is 0. The van der Waals surface area contributed by atoms with Gasteiger partial charge in [-0.05, 0) is 58.8 Å². The number of hydrogen-bond acceptors (Lipinski definition) is 7. The number of aromatic nitrogens is 4. The lowest BCUT2D eigenvalue weighted by Crippen LogP contribution is -2.48. The molecule has 3 atom stereocenters. The number of anilines is 1. The molecule has 202 valence electrons. The third kappa shape index (κ3) is 4.73. The fraction of sp³-hybridized carbons (Fsp3) is 0.400. The third-order valence-electron chi connectivity index (χ3n) is 7.74. The fourth-order valence-electron chi connectivity index (χ4n) is 6.05. The first-order valence-corrected chi connectivity index (χ1v) is 14.7. The van der Waals surface area contributed by atoms with Gasteiger partial charge in [-0.15, -0.1) is 11.8 Å². The average molecular weight is 543 g/mol. The van der Waals surface area contributed by atoms with Gasteiger partial charge in [-0.3, -0.25) is 4.98 Å². The predicted octanol–water partition coefficient (Wildman–Crippen LogP) is 6.41. The van der Waals surface area contributed by atoms with Crippen molar-refractivity contribution in [1.29, 1.82) is 0 Å². The summed E-state index contributed by atoms with van der Waals surface area (Å²) in [6.45, 7) is 5.75. The molecule has 2 unspecified atom stereocenters. The van der Waals surface area contributed by atoms with Gasteiger partial charge in [-0.2, -0.15) is 9.61 Å². The maximum absolute atomic E-state index is 13.0. The van der Waals surface area contributed by atoms with Crippen molar-refractivity contribution >= 4 is 29.3 Å². The second-order valence-electron chi connectivity index (χ2n) is 11.4. The molecule has 2 aliphatic rings. The van der Waals surface area contributed by atoms with Crippen LogP contribution in [0.5, 0.6) is 0 Å². The molecule has 2 saturated heterocycles. The van der Waals surface area contributed by atoms with Gasteiger partial charge in [0.15, 0.2) is 5.65 Å². The first-order chi connectivity index (χ1) is 18.7. The highest BCUT2D eigenvalue weighted by atomic mass is 32.2. The number of pyridine rings is 1. The van der Waals surface area contributed by atoms with Crippen molar-refractivity contribution < 1.29 is 9.53 Å². The minimum atomic E-state index is -0.507. The Hall–Kier alpha value is -3.59. The summed E-state index contributed by atoms with van der Waals surface area (Å²) in [5.41, 5.74) is 11.8. The van der Waals surface area contributed by atoms with E-state index in [1.807, 2.05) is 68.6 Å². The van der Waals surface area contributed by atoms with Gasteiger partial charge in [0.1, 0.15) is 11.4 Å². The minimum Gasteiger partial charge on any atom is -0.444 e. The number of nitrogens with zero attached hydrogens (tertiary/aromatic N) is 5. The number of carbonyl (C=O) groups is 1. The molecule has 0 spiro atoms. The quantitative estimate of drug-likeness (QED) is 0.298. The Morgan fingerprint density at radius 3 is 2.36 bits per heavy atom. The maximum atomic E-state index is 13.0. The van der Waals surface area contributed by atoms with Gasteiger partial charge in [-0.1, -0.05) is 36.4 Å². The summed E-state index contributed by atoms with van der Waals surface area (Å²) in [5.74, 6) is 0.807. The van der Waals surface area contributed by atoms with Crippen LogP contribution in [0.3, 0.4) is 0 Å². The van der Waals surface area contributed by atoms with Crippen molar-refractivity contribution in [1.82, 2.24) is 24.5 Å². The van der Waals surface area contributed by atoms with Crippen LogP contribution in [-0.2, 0) is 4.74 Å². The Morgan fingerprint density at radius 1 is 1.03 bits per heavy atom. The van der Waals surface area contributed by atoms with Crippen LogP contribution < -0.4 is 5.73 Å². The SMILES string of the molecule is CSc1c(C2CC3CC[C@@H](C2)N3C(=O)OC(C)(C)C)nc2c(-c3ccc(-c4ccccc4)nc3)cnn2c1N. The molecule has 0 saturated carbocycles. The van der Waals surface area contributed by atoms with Crippen molar-refractivity contribution in [3.05, 3.63) is 60.6 Å². The molecular weight excluding hydrogens is 508 g/mol. The van der Waals surface area contributed by atoms with Gasteiger partial charge < -0.3 is 15.4 Å². The van der Waals surface area contributed by atoms with Gasteiger partial charge >= 0.3 is 6.09 Å². The molecule has 5 heterocycles. The number of piperidine rings is 1. The number of amides is 1. The number of rotatable bonds is 4. The van der Waals surface area contributed by atoms with Crippen molar-refractivity contribution in [2.24, 2.45) is 0 Å². The Kier molecular flexibility index (Phi) is 6.49. The number of carbonyl (C=O) groups excluding carboxylic acids is 1. The van der Waals surface area contributed by atoms with Gasteiger partial charge in [-0.25, -0.2) is 9.78 Å². The van der Waals surface area contributed by atoms with Crippen molar-refractivity contribution in [3.63, 3.8) is 0 Å². The van der Waals surface area contributed by atoms with E-state index in [2.05, 4.69) is 23.3 Å². The van der Waals surface area contributed by atoms with E-state index in [9.17, 15) is 4.79 Å². The molecule has 2 fully saturated rings. The summed E-state index contributed by atoms with van der Waals surface area (Å²) >= 11 is 1.61. The second-order valence-corrected chi connectivity index (χ2v) is 12.3. The Bertz CT molecular complexity index is 1500. The first-order valence-electron chi connectivity index (χ1n) is 13.5. The van der Waals surface area contributed by atoms with Crippen LogP contribution in [0.25, 0.3) is 28.0 Å². The zero-order valence-corrected chi connectivity index (χ0v) is 23.6. The first kappa shape index (κ1) is 25.7. The molecule has 2 bridgehead atoms. The predicted molar refractivity (Wildman–Crippen MR) is 155 cm³/mol. The zero-order valence-electron chi connectivity index (χ0n) is 22.8. The Morgan fingerprint density at radius 2 is 1.74 bits per heavy atom. The van der Waals surface area contributed by atoms with Crippen molar-refractivity contribution in [2.45, 2.75) is 75.0 Å². The van der Waals surface area contributed by atoms with Gasteiger partial charge in [0.25, 0.3) is 0 Å². The minimum absolute atomic E-state index is 0.150. The van der Waals surface area contributed by atoms with Crippen LogP contribution in [-0.4, -0.2) is 54.5 Å². The van der Waals surface area contributed by atoms with Crippen molar-refractivity contribution in [2.75, 3.05) is 12.0 Å². The standard InChI is InChI=1S/C30H34N6O2S/c1-30(2,3)38-29(37)35-21-11-12-22(35)15-20(14-21)25-26(39-4)27(31)36-28(34-25)23(17-33-36)19-10-13-24(32-16-19)18-8-6-5-7-9-18/h5-10,13,16-17,20-22H,11-12,14-15,31H2,1-4H3/t20?,21-,22?/m0/s1. The van der Waals surface area contributed by atoms with Crippen LogP contribution in [0.1, 0.15) is 58.1 Å². The second kappa shape index (κ2) is 9.86. The Labute approximate surface area is 233 Å². The number of hydrogen-bond donors (Lipinski definition) is 1. The molecule has 9 heteroatoms. The van der Waals surface area contributed by atoms with E-state index in [-0.39, 0.29) is 24.1 Å². The number of benzene rings is 1. The maximum Gasteiger partial charge on any atom is 0.410 e. The molecule has 2 aliphatic heterocycles. The van der Waals surface area contributed by atoms with Crippen LogP contribution in [0.15, 0.2) is 59.8 Å². The monoisotopic (exact) mass is 542 g/mol. The molecule has 2 N–H and O–H groups in total.